The van der Waals surface area contributed by atoms with Gasteiger partial charge in [0.05, 0.1) is 0 Å². The number of allylic oxidation sites excluding steroid dienone is 2. The summed E-state index contributed by atoms with van der Waals surface area (Å²) in [5.74, 6) is -1.03. The molecule has 0 aromatic rings. The van der Waals surface area contributed by atoms with Gasteiger partial charge in [-0.2, -0.15) is 0 Å². The van der Waals surface area contributed by atoms with E-state index in [4.69, 9.17) is 0 Å². The molecule has 0 radical (unpaired) electrons. The van der Waals surface area contributed by atoms with Gasteiger partial charge in [-0.3, -0.25) is 0 Å². The van der Waals surface area contributed by atoms with Crippen molar-refractivity contribution in [3.8, 4) is 0 Å². The largest absolute Gasteiger partial charge is 1.00 e. The summed E-state index contributed by atoms with van der Waals surface area (Å²) < 4.78 is 0. The van der Waals surface area contributed by atoms with Gasteiger partial charge >= 0.3 is 51.4 Å². The summed E-state index contributed by atoms with van der Waals surface area (Å²) in [7, 11) is 0. The van der Waals surface area contributed by atoms with Crippen molar-refractivity contribution in [1.82, 2.24) is 0 Å². The number of carboxylic acids is 1. The third-order valence-corrected chi connectivity index (χ3v) is 2.68. The van der Waals surface area contributed by atoms with E-state index in [1.807, 2.05) is 33.8 Å². The van der Waals surface area contributed by atoms with Crippen molar-refractivity contribution >= 4 is 5.97 Å². The third-order valence-electron chi connectivity index (χ3n) is 2.68. The molecule has 0 aliphatic heterocycles. The summed E-state index contributed by atoms with van der Waals surface area (Å²) in [6.07, 6.45) is 2.03. The van der Waals surface area contributed by atoms with Gasteiger partial charge in [0.25, 0.3) is 0 Å². The van der Waals surface area contributed by atoms with Crippen LogP contribution in [0.3, 0.4) is 0 Å². The Labute approximate surface area is 122 Å². The number of carbonyl (C=O) groups is 1. The molecule has 0 heterocycles. The van der Waals surface area contributed by atoms with E-state index in [9.17, 15) is 9.90 Å². The molecule has 2 unspecified atom stereocenters. The molecule has 0 spiro atoms. The summed E-state index contributed by atoms with van der Waals surface area (Å²) in [4.78, 5) is 10.6. The van der Waals surface area contributed by atoms with Crippen LogP contribution in [0.4, 0.5) is 0 Å². The van der Waals surface area contributed by atoms with Gasteiger partial charge in [-0.1, -0.05) is 25.5 Å². The Morgan fingerprint density at radius 3 is 2.08 bits per heavy atom. The number of hydrogen-bond donors (Lipinski definition) is 0. The van der Waals surface area contributed by atoms with E-state index in [0.717, 1.165) is 0 Å². The molecule has 0 aromatic carbocycles. The van der Waals surface area contributed by atoms with Gasteiger partial charge in [0.2, 0.25) is 0 Å². The van der Waals surface area contributed by atoms with Gasteiger partial charge in [0, 0.05) is 11.9 Å². The van der Waals surface area contributed by atoms with Gasteiger partial charge in [-0.25, -0.2) is 0 Å². The zero-order chi connectivity index (χ0) is 9.52. The Morgan fingerprint density at radius 2 is 1.85 bits per heavy atom. The van der Waals surface area contributed by atoms with Crippen molar-refractivity contribution in [2.45, 2.75) is 27.7 Å². The average Bonchev–Trinajstić information content (AvgIpc) is 2.32. The quantitative estimate of drug-likeness (QED) is 0.386. The van der Waals surface area contributed by atoms with E-state index in [1.165, 1.54) is 5.57 Å². The number of rotatable bonds is 2. The molecule has 68 valence electrons. The topological polar surface area (TPSA) is 40.1 Å². The fourth-order valence-corrected chi connectivity index (χ4v) is 1.80. The van der Waals surface area contributed by atoms with E-state index >= 15 is 0 Å². The van der Waals surface area contributed by atoms with Crippen molar-refractivity contribution < 1.29 is 61.3 Å². The second-order valence-corrected chi connectivity index (χ2v) is 4.39. The van der Waals surface area contributed by atoms with Gasteiger partial charge in [-0.05, 0) is 25.2 Å². The Morgan fingerprint density at radius 1 is 1.38 bits per heavy atom. The predicted octanol–water partition coefficient (Wildman–Crippen LogP) is -2.02. The van der Waals surface area contributed by atoms with Crippen LogP contribution in [0.1, 0.15) is 27.7 Å². The molecule has 1 fully saturated rings. The molecule has 1 aliphatic carbocycles. The minimum Gasteiger partial charge on any atom is -0.550 e. The maximum atomic E-state index is 10.6. The van der Waals surface area contributed by atoms with Crippen LogP contribution in [0.25, 0.3) is 0 Å². The zero-order valence-corrected chi connectivity index (χ0v) is 12.2. The molecule has 1 rings (SSSR count). The van der Waals surface area contributed by atoms with Crippen LogP contribution >= 0.6 is 0 Å². The number of carboxylic acid groups (broad SMARTS) is 1. The minimum atomic E-state index is -0.914. The molecule has 0 N–H and O–H groups in total. The van der Waals surface area contributed by atoms with E-state index in [1.54, 1.807) is 0 Å². The number of carbonyl (C=O) groups excluding carboxylic acids is 1. The van der Waals surface area contributed by atoms with Crippen LogP contribution in [-0.4, -0.2) is 5.97 Å². The van der Waals surface area contributed by atoms with E-state index in [0.29, 0.717) is 0 Å². The normalized spacial score (nSPS) is 28.6. The van der Waals surface area contributed by atoms with Gasteiger partial charge in [0.1, 0.15) is 0 Å². The first-order chi connectivity index (χ1) is 5.37. The summed E-state index contributed by atoms with van der Waals surface area (Å²) in [5.41, 5.74) is 1.08. The summed E-state index contributed by atoms with van der Waals surface area (Å²) in [6.45, 7) is 7.91. The summed E-state index contributed by atoms with van der Waals surface area (Å²) in [6, 6.07) is 0. The Bertz CT molecular complexity index is 239. The monoisotopic (exact) mass is 206 g/mol. The number of aliphatic carboxylic acids is 1. The van der Waals surface area contributed by atoms with Crippen LogP contribution in [0.15, 0.2) is 11.6 Å². The fraction of sp³-hybridized carbons (Fsp3) is 0.700. The standard InChI is InChI=1S/C10H16O2.K/c1-6(2)5-7-8(9(11)12)10(7,3)4;/h5,7-8H,1-4H3,(H,11,12);/q;+1/p-1. The Hall–Kier alpha value is 0.846. The summed E-state index contributed by atoms with van der Waals surface area (Å²) >= 11 is 0. The maximum Gasteiger partial charge on any atom is 1.00 e. The van der Waals surface area contributed by atoms with Gasteiger partial charge in [0.15, 0.2) is 0 Å². The van der Waals surface area contributed by atoms with Crippen molar-refractivity contribution in [2.24, 2.45) is 17.3 Å². The predicted molar refractivity (Wildman–Crippen MR) is 45.2 cm³/mol. The molecular weight excluding hydrogens is 191 g/mol. The van der Waals surface area contributed by atoms with Gasteiger partial charge in [-0.15, -0.1) is 0 Å². The first-order valence-corrected chi connectivity index (χ1v) is 4.23. The Balaban J connectivity index is 0.00000144. The molecule has 2 atom stereocenters. The van der Waals surface area contributed by atoms with Crippen LogP contribution in [-0.2, 0) is 4.79 Å². The van der Waals surface area contributed by atoms with Crippen molar-refractivity contribution in [3.05, 3.63) is 11.6 Å². The molecule has 1 aliphatic rings. The fourth-order valence-electron chi connectivity index (χ4n) is 1.80. The molecular formula is C10H15KO2. The molecule has 0 saturated heterocycles. The molecule has 0 aromatic heterocycles. The van der Waals surface area contributed by atoms with Crippen molar-refractivity contribution in [1.29, 1.82) is 0 Å². The zero-order valence-electron chi connectivity index (χ0n) is 9.05. The van der Waals surface area contributed by atoms with Gasteiger partial charge < -0.3 is 9.90 Å². The smallest absolute Gasteiger partial charge is 0.550 e. The number of hydrogen-bond acceptors (Lipinski definition) is 2. The van der Waals surface area contributed by atoms with Crippen LogP contribution < -0.4 is 56.5 Å². The Kier molecular flexibility index (Phi) is 4.88. The SMILES string of the molecule is CC(C)=CC1C(C(=O)[O-])C1(C)C.[K+]. The first-order valence-electron chi connectivity index (χ1n) is 4.23. The average molecular weight is 206 g/mol. The van der Waals surface area contributed by atoms with E-state index in [-0.39, 0.29) is 68.6 Å². The molecule has 2 nitrogen and oxygen atoms in total. The minimum absolute atomic E-state index is 0. The third kappa shape index (κ3) is 2.90. The second-order valence-electron chi connectivity index (χ2n) is 4.39. The van der Waals surface area contributed by atoms with Crippen LogP contribution in [0.5, 0.6) is 0 Å². The second kappa shape index (κ2) is 4.58. The molecule has 1 saturated carbocycles. The molecule has 3 heteroatoms. The molecule has 0 amide bonds. The maximum absolute atomic E-state index is 10.6. The van der Waals surface area contributed by atoms with Crippen molar-refractivity contribution in [3.63, 3.8) is 0 Å². The summed E-state index contributed by atoms with van der Waals surface area (Å²) in [5, 5.41) is 10.6. The van der Waals surface area contributed by atoms with E-state index < -0.39 is 5.97 Å². The van der Waals surface area contributed by atoms with Crippen LogP contribution in [0.2, 0.25) is 0 Å². The van der Waals surface area contributed by atoms with Crippen molar-refractivity contribution in [2.75, 3.05) is 0 Å². The van der Waals surface area contributed by atoms with E-state index in [2.05, 4.69) is 0 Å². The molecule has 0 bridgehead atoms. The first kappa shape index (κ1) is 13.8. The van der Waals surface area contributed by atoms with Crippen LogP contribution in [0, 0.1) is 17.3 Å². The molecule has 13 heavy (non-hydrogen) atoms.